The van der Waals surface area contributed by atoms with E-state index in [1.54, 1.807) is 12.1 Å². The molecule has 21 heavy (non-hydrogen) atoms. The molecule has 3 heteroatoms. The zero-order chi connectivity index (χ0) is 15.0. The fraction of sp³-hybridized carbons (Fsp3) is 0.611. The Hall–Kier alpha value is -1.38. The SMILES string of the molecule is CC(C)C1CCN(C(=O)C2(c3ccc(F)cc3)CC2)CC1. The Kier molecular flexibility index (Phi) is 3.76. The number of piperidine rings is 1. The van der Waals surface area contributed by atoms with E-state index in [2.05, 4.69) is 13.8 Å². The molecule has 1 heterocycles. The maximum atomic E-state index is 13.1. The molecule has 1 aromatic carbocycles. The highest BCUT2D eigenvalue weighted by Crippen LogP contribution is 2.50. The first kappa shape index (κ1) is 14.6. The third kappa shape index (κ3) is 2.70. The van der Waals surface area contributed by atoms with Crippen molar-refractivity contribution in [2.45, 2.75) is 44.9 Å². The van der Waals surface area contributed by atoms with Crippen LogP contribution in [-0.4, -0.2) is 23.9 Å². The van der Waals surface area contributed by atoms with Crippen molar-refractivity contribution >= 4 is 5.91 Å². The summed E-state index contributed by atoms with van der Waals surface area (Å²) in [7, 11) is 0. The molecule has 0 bridgehead atoms. The number of halogens is 1. The van der Waals surface area contributed by atoms with E-state index in [4.69, 9.17) is 0 Å². The molecule has 0 aromatic heterocycles. The van der Waals surface area contributed by atoms with E-state index in [9.17, 15) is 9.18 Å². The van der Waals surface area contributed by atoms with Crippen molar-refractivity contribution in [3.8, 4) is 0 Å². The Morgan fingerprint density at radius 2 is 1.76 bits per heavy atom. The zero-order valence-corrected chi connectivity index (χ0v) is 12.9. The van der Waals surface area contributed by atoms with Crippen molar-refractivity contribution < 1.29 is 9.18 Å². The molecule has 1 saturated heterocycles. The minimum Gasteiger partial charge on any atom is -0.342 e. The Bertz CT molecular complexity index is 511. The Morgan fingerprint density at radius 1 is 1.19 bits per heavy atom. The van der Waals surface area contributed by atoms with Crippen LogP contribution in [0.2, 0.25) is 0 Å². The van der Waals surface area contributed by atoms with Crippen molar-refractivity contribution in [3.05, 3.63) is 35.6 Å². The average molecular weight is 289 g/mol. The first-order chi connectivity index (χ1) is 10.0. The minimum atomic E-state index is -0.349. The van der Waals surface area contributed by atoms with Gasteiger partial charge in [-0.2, -0.15) is 0 Å². The lowest BCUT2D eigenvalue weighted by Gasteiger charge is -2.36. The number of carbonyl (C=O) groups excluding carboxylic acids is 1. The van der Waals surface area contributed by atoms with Crippen LogP contribution in [0.3, 0.4) is 0 Å². The van der Waals surface area contributed by atoms with Gasteiger partial charge in [0.25, 0.3) is 0 Å². The number of rotatable bonds is 3. The molecular weight excluding hydrogens is 265 g/mol. The summed E-state index contributed by atoms with van der Waals surface area (Å²) in [6.45, 7) is 6.29. The van der Waals surface area contributed by atoms with Crippen LogP contribution in [0.25, 0.3) is 0 Å². The highest BCUT2D eigenvalue weighted by molar-refractivity contribution is 5.91. The standard InChI is InChI=1S/C18H24FNO/c1-13(2)14-7-11-20(12-8-14)17(21)18(9-10-18)15-3-5-16(19)6-4-15/h3-6,13-14H,7-12H2,1-2H3. The molecule has 2 aliphatic rings. The van der Waals surface area contributed by atoms with Gasteiger partial charge in [0.1, 0.15) is 5.82 Å². The molecule has 1 aliphatic carbocycles. The maximum absolute atomic E-state index is 13.1. The Morgan fingerprint density at radius 3 is 2.24 bits per heavy atom. The van der Waals surface area contributed by atoms with Gasteiger partial charge < -0.3 is 4.90 Å². The summed E-state index contributed by atoms with van der Waals surface area (Å²) in [5, 5.41) is 0. The summed E-state index contributed by atoms with van der Waals surface area (Å²) in [5.74, 6) is 1.47. The number of hydrogen-bond donors (Lipinski definition) is 0. The molecule has 1 aromatic rings. The van der Waals surface area contributed by atoms with Crippen molar-refractivity contribution in [1.82, 2.24) is 4.90 Å². The van der Waals surface area contributed by atoms with Gasteiger partial charge in [0.2, 0.25) is 5.91 Å². The van der Waals surface area contributed by atoms with Crippen LogP contribution in [0.15, 0.2) is 24.3 Å². The predicted molar refractivity (Wildman–Crippen MR) is 81.5 cm³/mol. The second-order valence-electron chi connectivity index (χ2n) is 6.96. The van der Waals surface area contributed by atoms with E-state index in [0.717, 1.165) is 50.3 Å². The van der Waals surface area contributed by atoms with Crippen LogP contribution in [0.5, 0.6) is 0 Å². The van der Waals surface area contributed by atoms with Gasteiger partial charge in [-0.25, -0.2) is 4.39 Å². The largest absolute Gasteiger partial charge is 0.342 e. The van der Waals surface area contributed by atoms with Crippen molar-refractivity contribution in [1.29, 1.82) is 0 Å². The van der Waals surface area contributed by atoms with Crippen LogP contribution < -0.4 is 0 Å². The number of likely N-dealkylation sites (tertiary alicyclic amines) is 1. The van der Waals surface area contributed by atoms with Crippen molar-refractivity contribution in [2.24, 2.45) is 11.8 Å². The lowest BCUT2D eigenvalue weighted by molar-refractivity contribution is -0.135. The molecule has 1 aliphatic heterocycles. The number of nitrogens with zero attached hydrogens (tertiary/aromatic N) is 1. The van der Waals surface area contributed by atoms with E-state index in [-0.39, 0.29) is 17.1 Å². The Balaban J connectivity index is 1.70. The van der Waals surface area contributed by atoms with E-state index < -0.39 is 0 Å². The van der Waals surface area contributed by atoms with Gasteiger partial charge >= 0.3 is 0 Å². The molecule has 0 radical (unpaired) electrons. The van der Waals surface area contributed by atoms with Gasteiger partial charge in [-0.3, -0.25) is 4.79 Å². The third-order valence-corrected chi connectivity index (χ3v) is 5.33. The van der Waals surface area contributed by atoms with Crippen LogP contribution in [0.4, 0.5) is 4.39 Å². The highest BCUT2D eigenvalue weighted by Gasteiger charge is 2.53. The smallest absolute Gasteiger partial charge is 0.233 e. The molecule has 0 atom stereocenters. The normalized spacial score (nSPS) is 21.6. The fourth-order valence-electron chi connectivity index (χ4n) is 3.59. The predicted octanol–water partition coefficient (Wildman–Crippen LogP) is 3.75. The second kappa shape index (κ2) is 5.43. The number of benzene rings is 1. The lowest BCUT2D eigenvalue weighted by atomic mass is 9.85. The Labute approximate surface area is 126 Å². The van der Waals surface area contributed by atoms with Gasteiger partial charge in [0, 0.05) is 13.1 Å². The summed E-state index contributed by atoms with van der Waals surface area (Å²) in [6.07, 6.45) is 4.04. The molecule has 2 nitrogen and oxygen atoms in total. The van der Waals surface area contributed by atoms with Crippen LogP contribution in [0.1, 0.15) is 45.1 Å². The molecular formula is C18H24FNO. The van der Waals surface area contributed by atoms with E-state index >= 15 is 0 Å². The monoisotopic (exact) mass is 289 g/mol. The maximum Gasteiger partial charge on any atom is 0.233 e. The molecule has 1 amide bonds. The summed E-state index contributed by atoms with van der Waals surface area (Å²) in [6, 6.07) is 6.49. The topological polar surface area (TPSA) is 20.3 Å². The number of hydrogen-bond acceptors (Lipinski definition) is 1. The molecule has 114 valence electrons. The molecule has 3 rings (SSSR count). The molecule has 0 unspecified atom stereocenters. The van der Waals surface area contributed by atoms with E-state index in [0.29, 0.717) is 5.92 Å². The van der Waals surface area contributed by atoms with Crippen molar-refractivity contribution in [3.63, 3.8) is 0 Å². The second-order valence-corrected chi connectivity index (χ2v) is 6.96. The van der Waals surface area contributed by atoms with Crippen LogP contribution >= 0.6 is 0 Å². The van der Waals surface area contributed by atoms with E-state index in [1.807, 2.05) is 4.90 Å². The molecule has 0 N–H and O–H groups in total. The minimum absolute atomic E-state index is 0.236. The molecule has 2 fully saturated rings. The molecule has 0 spiro atoms. The fourth-order valence-corrected chi connectivity index (χ4v) is 3.59. The quantitative estimate of drug-likeness (QED) is 0.830. The number of carbonyl (C=O) groups is 1. The van der Waals surface area contributed by atoms with Gasteiger partial charge in [-0.05, 0) is 55.2 Å². The van der Waals surface area contributed by atoms with Crippen LogP contribution in [-0.2, 0) is 10.2 Å². The summed E-state index contributed by atoms with van der Waals surface area (Å²) in [4.78, 5) is 14.9. The van der Waals surface area contributed by atoms with Gasteiger partial charge in [0.15, 0.2) is 0 Å². The first-order valence-electron chi connectivity index (χ1n) is 8.08. The first-order valence-corrected chi connectivity index (χ1v) is 8.08. The number of amides is 1. The average Bonchev–Trinajstić information content (AvgIpc) is 3.29. The van der Waals surface area contributed by atoms with Crippen molar-refractivity contribution in [2.75, 3.05) is 13.1 Å². The van der Waals surface area contributed by atoms with Gasteiger partial charge in [-0.15, -0.1) is 0 Å². The summed E-state index contributed by atoms with van der Waals surface area (Å²) >= 11 is 0. The zero-order valence-electron chi connectivity index (χ0n) is 12.9. The third-order valence-electron chi connectivity index (χ3n) is 5.33. The van der Waals surface area contributed by atoms with Gasteiger partial charge in [0.05, 0.1) is 5.41 Å². The summed E-state index contributed by atoms with van der Waals surface area (Å²) in [5.41, 5.74) is 0.637. The highest BCUT2D eigenvalue weighted by atomic mass is 19.1. The van der Waals surface area contributed by atoms with Crippen LogP contribution in [0, 0.1) is 17.7 Å². The molecule has 1 saturated carbocycles. The lowest BCUT2D eigenvalue weighted by Crippen LogP contribution is -2.44. The summed E-state index contributed by atoms with van der Waals surface area (Å²) < 4.78 is 13.1. The van der Waals surface area contributed by atoms with Gasteiger partial charge in [-0.1, -0.05) is 26.0 Å². The van der Waals surface area contributed by atoms with E-state index in [1.165, 1.54) is 12.1 Å².